The van der Waals surface area contributed by atoms with Crippen molar-refractivity contribution in [1.29, 1.82) is 0 Å². The second-order valence-corrected chi connectivity index (χ2v) is 4.23. The third kappa shape index (κ3) is 4.71. The first kappa shape index (κ1) is 14.4. The summed E-state index contributed by atoms with van der Waals surface area (Å²) < 4.78 is 5.81. The van der Waals surface area contributed by atoms with Crippen molar-refractivity contribution in [3.8, 4) is 5.75 Å². The van der Waals surface area contributed by atoms with Gasteiger partial charge in [0, 0.05) is 12.6 Å². The first-order valence-electron chi connectivity index (χ1n) is 5.93. The predicted octanol–water partition coefficient (Wildman–Crippen LogP) is 2.29. The van der Waals surface area contributed by atoms with Crippen LogP contribution in [-0.2, 0) is 0 Å². The number of benzene rings is 1. The van der Waals surface area contributed by atoms with Gasteiger partial charge in [-0.1, -0.05) is 19.1 Å². The minimum atomic E-state index is 0.186. The molecule has 1 atom stereocenters. The van der Waals surface area contributed by atoms with Crippen LogP contribution in [0, 0.1) is 0 Å². The van der Waals surface area contributed by atoms with Crippen LogP contribution in [0.2, 0.25) is 0 Å². The molecule has 0 heterocycles. The summed E-state index contributed by atoms with van der Waals surface area (Å²) in [7, 11) is 1.74. The maximum Gasteiger partial charge on any atom is 0.186 e. The van der Waals surface area contributed by atoms with Gasteiger partial charge in [0.1, 0.15) is 5.75 Å². The Labute approximate surface area is 113 Å². The van der Waals surface area contributed by atoms with Crippen LogP contribution in [-0.4, -0.2) is 24.5 Å². The third-order valence-electron chi connectivity index (χ3n) is 2.42. The summed E-state index contributed by atoms with van der Waals surface area (Å²) in [5.74, 6) is 0.827. The monoisotopic (exact) mass is 265 g/mol. The van der Waals surface area contributed by atoms with Crippen LogP contribution >= 0.6 is 12.2 Å². The molecule has 0 aliphatic carbocycles. The lowest BCUT2D eigenvalue weighted by Crippen LogP contribution is -2.28. The molecule has 0 spiro atoms. The quantitative estimate of drug-likeness (QED) is 0.487. The highest BCUT2D eigenvalue weighted by atomic mass is 32.1. The highest BCUT2D eigenvalue weighted by Gasteiger charge is 2.04. The minimum absolute atomic E-state index is 0.186. The van der Waals surface area contributed by atoms with E-state index in [1.165, 1.54) is 0 Å². The zero-order valence-electron chi connectivity index (χ0n) is 10.9. The first-order valence-corrected chi connectivity index (χ1v) is 6.34. The summed E-state index contributed by atoms with van der Waals surface area (Å²) in [5, 5.41) is 7.31. The molecule has 0 aliphatic rings. The Morgan fingerprint density at radius 3 is 2.89 bits per heavy atom. The molecular weight excluding hydrogens is 246 g/mol. The molecule has 2 N–H and O–H groups in total. The molecule has 0 aliphatic heterocycles. The van der Waals surface area contributed by atoms with E-state index in [0.717, 1.165) is 17.7 Å². The molecular formula is C13H19N3OS. The molecule has 1 aromatic carbocycles. The smallest absolute Gasteiger partial charge is 0.186 e. The van der Waals surface area contributed by atoms with E-state index in [9.17, 15) is 0 Å². The predicted molar refractivity (Wildman–Crippen MR) is 79.2 cm³/mol. The Hall–Kier alpha value is -1.62. The van der Waals surface area contributed by atoms with Crippen LogP contribution in [0.15, 0.2) is 29.4 Å². The van der Waals surface area contributed by atoms with E-state index in [2.05, 4.69) is 22.8 Å². The van der Waals surface area contributed by atoms with Gasteiger partial charge < -0.3 is 10.1 Å². The Kier molecular flexibility index (Phi) is 6.14. The van der Waals surface area contributed by atoms with Crippen molar-refractivity contribution < 1.29 is 4.74 Å². The molecule has 0 unspecified atom stereocenters. The van der Waals surface area contributed by atoms with Crippen LogP contribution in [0.1, 0.15) is 25.8 Å². The number of thiocarbonyl (C=S) groups is 1. The van der Waals surface area contributed by atoms with Gasteiger partial charge in [-0.15, -0.1) is 0 Å². The molecule has 5 heteroatoms. The Balaban J connectivity index is 2.72. The Morgan fingerprint density at radius 2 is 2.22 bits per heavy atom. The second kappa shape index (κ2) is 7.66. The van der Waals surface area contributed by atoms with E-state index in [1.54, 1.807) is 13.3 Å². The fraction of sp³-hybridized carbons (Fsp3) is 0.385. The summed E-state index contributed by atoms with van der Waals surface area (Å²) in [4.78, 5) is 0. The van der Waals surface area contributed by atoms with Crippen molar-refractivity contribution in [2.45, 2.75) is 26.4 Å². The molecule has 1 rings (SSSR count). The number of hydrazone groups is 1. The highest BCUT2D eigenvalue weighted by molar-refractivity contribution is 7.80. The van der Waals surface area contributed by atoms with Crippen LogP contribution in [0.3, 0.4) is 0 Å². The topological polar surface area (TPSA) is 45.6 Å². The second-order valence-electron chi connectivity index (χ2n) is 3.82. The van der Waals surface area contributed by atoms with E-state index in [0.29, 0.717) is 5.11 Å². The average Bonchev–Trinajstić information content (AvgIpc) is 2.40. The Morgan fingerprint density at radius 1 is 1.50 bits per heavy atom. The van der Waals surface area contributed by atoms with Gasteiger partial charge in [-0.05, 0) is 37.7 Å². The largest absolute Gasteiger partial charge is 0.490 e. The summed E-state index contributed by atoms with van der Waals surface area (Å²) in [5.41, 5.74) is 3.63. The van der Waals surface area contributed by atoms with Crippen LogP contribution < -0.4 is 15.5 Å². The number of para-hydroxylation sites is 1. The van der Waals surface area contributed by atoms with Crippen molar-refractivity contribution in [3.63, 3.8) is 0 Å². The zero-order valence-corrected chi connectivity index (χ0v) is 11.8. The van der Waals surface area contributed by atoms with Gasteiger partial charge in [-0.3, -0.25) is 5.43 Å². The van der Waals surface area contributed by atoms with Crippen LogP contribution in [0.25, 0.3) is 0 Å². The van der Waals surface area contributed by atoms with E-state index >= 15 is 0 Å². The van der Waals surface area contributed by atoms with Gasteiger partial charge >= 0.3 is 0 Å². The zero-order chi connectivity index (χ0) is 13.4. The van der Waals surface area contributed by atoms with Crippen molar-refractivity contribution >= 4 is 23.5 Å². The molecule has 0 aromatic heterocycles. The molecule has 0 amide bonds. The van der Waals surface area contributed by atoms with Crippen molar-refractivity contribution in [2.75, 3.05) is 7.05 Å². The molecule has 0 saturated heterocycles. The molecule has 0 saturated carbocycles. The standard InChI is InChI=1S/C13H19N3OS/c1-4-10(2)17-12-8-6-5-7-11(12)9-15-16-13(18)14-3/h5-10H,4H2,1-3H3,(H2,14,16,18)/b15-9-/t10-/m1/s1. The van der Waals surface area contributed by atoms with Crippen LogP contribution in [0.4, 0.5) is 0 Å². The average molecular weight is 265 g/mol. The van der Waals surface area contributed by atoms with Crippen molar-refractivity contribution in [2.24, 2.45) is 5.10 Å². The summed E-state index contributed by atoms with van der Waals surface area (Å²) >= 11 is 4.92. The van der Waals surface area contributed by atoms with Gasteiger partial charge in [0.25, 0.3) is 0 Å². The fourth-order valence-electron chi connectivity index (χ4n) is 1.21. The summed E-state index contributed by atoms with van der Waals surface area (Å²) in [6.45, 7) is 4.14. The summed E-state index contributed by atoms with van der Waals surface area (Å²) in [6, 6.07) is 7.77. The lowest BCUT2D eigenvalue weighted by atomic mass is 10.2. The maximum atomic E-state index is 5.81. The minimum Gasteiger partial charge on any atom is -0.490 e. The van der Waals surface area contributed by atoms with E-state index in [4.69, 9.17) is 17.0 Å². The molecule has 4 nitrogen and oxygen atoms in total. The number of nitrogens with zero attached hydrogens (tertiary/aromatic N) is 1. The van der Waals surface area contributed by atoms with Crippen LogP contribution in [0.5, 0.6) is 5.75 Å². The van der Waals surface area contributed by atoms with Gasteiger partial charge in [0.15, 0.2) is 5.11 Å². The van der Waals surface area contributed by atoms with Gasteiger partial charge in [-0.2, -0.15) is 5.10 Å². The lowest BCUT2D eigenvalue weighted by molar-refractivity contribution is 0.217. The molecule has 0 radical (unpaired) electrons. The summed E-state index contributed by atoms with van der Waals surface area (Å²) in [6.07, 6.45) is 2.85. The third-order valence-corrected chi connectivity index (χ3v) is 2.71. The molecule has 0 fully saturated rings. The normalized spacial score (nSPS) is 12.2. The van der Waals surface area contributed by atoms with Crippen molar-refractivity contribution in [1.82, 2.24) is 10.7 Å². The fourth-order valence-corrected chi connectivity index (χ4v) is 1.26. The number of hydrogen-bond acceptors (Lipinski definition) is 3. The van der Waals surface area contributed by atoms with E-state index in [1.807, 2.05) is 31.2 Å². The van der Waals surface area contributed by atoms with E-state index in [-0.39, 0.29) is 6.10 Å². The van der Waals surface area contributed by atoms with Gasteiger partial charge in [-0.25, -0.2) is 0 Å². The van der Waals surface area contributed by atoms with Gasteiger partial charge in [0.2, 0.25) is 0 Å². The lowest BCUT2D eigenvalue weighted by Gasteiger charge is -2.14. The number of nitrogens with one attached hydrogen (secondary N) is 2. The first-order chi connectivity index (χ1) is 8.67. The van der Waals surface area contributed by atoms with Crippen molar-refractivity contribution in [3.05, 3.63) is 29.8 Å². The SMILES string of the molecule is CC[C@@H](C)Oc1ccccc1/C=N\NC(=S)NC. The molecule has 1 aromatic rings. The highest BCUT2D eigenvalue weighted by Crippen LogP contribution is 2.18. The molecule has 0 bridgehead atoms. The van der Waals surface area contributed by atoms with E-state index < -0.39 is 0 Å². The number of hydrogen-bond donors (Lipinski definition) is 2. The Bertz CT molecular complexity index is 420. The molecule has 18 heavy (non-hydrogen) atoms. The number of rotatable bonds is 5. The van der Waals surface area contributed by atoms with Gasteiger partial charge in [0.05, 0.1) is 12.3 Å². The molecule has 98 valence electrons. The number of ether oxygens (including phenoxy) is 1. The maximum absolute atomic E-state index is 5.81.